The van der Waals surface area contributed by atoms with Gasteiger partial charge in [0.05, 0.1) is 6.10 Å². The summed E-state index contributed by atoms with van der Waals surface area (Å²) < 4.78 is 5.71. The van der Waals surface area contributed by atoms with Crippen LogP contribution in [0, 0.1) is 5.92 Å². The van der Waals surface area contributed by atoms with Gasteiger partial charge < -0.3 is 10.1 Å². The van der Waals surface area contributed by atoms with Gasteiger partial charge in [-0.1, -0.05) is 19.3 Å². The molecule has 0 aromatic rings. The average molecular weight is 183 g/mol. The summed E-state index contributed by atoms with van der Waals surface area (Å²) >= 11 is 0. The molecule has 0 amide bonds. The molecule has 1 heterocycles. The first-order valence-electron chi connectivity index (χ1n) is 5.69. The lowest BCUT2D eigenvalue weighted by atomic mass is 9.79. The van der Waals surface area contributed by atoms with E-state index in [0.717, 1.165) is 12.5 Å². The molecule has 2 unspecified atom stereocenters. The summed E-state index contributed by atoms with van der Waals surface area (Å²) in [7, 11) is 2.07. The second-order valence-electron chi connectivity index (χ2n) is 4.48. The predicted octanol–water partition coefficient (Wildman–Crippen LogP) is 1.94. The van der Waals surface area contributed by atoms with Crippen LogP contribution < -0.4 is 5.32 Å². The van der Waals surface area contributed by atoms with Crippen molar-refractivity contribution in [2.24, 2.45) is 5.92 Å². The van der Waals surface area contributed by atoms with Gasteiger partial charge in [-0.2, -0.15) is 0 Å². The van der Waals surface area contributed by atoms with Crippen molar-refractivity contribution in [3.63, 3.8) is 0 Å². The number of likely N-dealkylation sites (N-methyl/N-ethyl adjacent to an activating group) is 1. The van der Waals surface area contributed by atoms with Crippen LogP contribution in [0.2, 0.25) is 0 Å². The third-order valence-corrected chi connectivity index (χ3v) is 3.60. The van der Waals surface area contributed by atoms with Gasteiger partial charge in [0.15, 0.2) is 0 Å². The molecule has 0 bridgehead atoms. The van der Waals surface area contributed by atoms with Crippen LogP contribution in [0.1, 0.15) is 38.5 Å². The van der Waals surface area contributed by atoms with Gasteiger partial charge in [0, 0.05) is 12.6 Å². The Bertz CT molecular complexity index is 150. The standard InChI is InChI=1S/C11H21NO/c1-12-10(8-9-4-2-5-9)11-6-3-7-13-11/h9-12H,2-8H2,1H3. The van der Waals surface area contributed by atoms with Crippen LogP contribution in [-0.2, 0) is 4.74 Å². The molecule has 0 aromatic heterocycles. The second-order valence-corrected chi connectivity index (χ2v) is 4.48. The van der Waals surface area contributed by atoms with E-state index in [2.05, 4.69) is 12.4 Å². The fourth-order valence-electron chi connectivity index (χ4n) is 2.46. The Morgan fingerprint density at radius 2 is 2.15 bits per heavy atom. The number of rotatable bonds is 4. The van der Waals surface area contributed by atoms with Crippen LogP contribution in [0.25, 0.3) is 0 Å². The van der Waals surface area contributed by atoms with Crippen LogP contribution in [0.3, 0.4) is 0 Å². The topological polar surface area (TPSA) is 21.3 Å². The van der Waals surface area contributed by atoms with Gasteiger partial charge in [-0.25, -0.2) is 0 Å². The summed E-state index contributed by atoms with van der Waals surface area (Å²) in [5.74, 6) is 0.988. The minimum Gasteiger partial charge on any atom is -0.377 e. The lowest BCUT2D eigenvalue weighted by molar-refractivity contribution is 0.0664. The van der Waals surface area contributed by atoms with Gasteiger partial charge in [0.2, 0.25) is 0 Å². The molecule has 1 saturated heterocycles. The molecule has 1 saturated carbocycles. The number of hydrogen-bond acceptors (Lipinski definition) is 2. The van der Waals surface area contributed by atoms with Crippen molar-refractivity contribution in [2.45, 2.75) is 50.7 Å². The van der Waals surface area contributed by atoms with Gasteiger partial charge in [-0.05, 0) is 32.2 Å². The van der Waals surface area contributed by atoms with Gasteiger partial charge in [0.25, 0.3) is 0 Å². The molecule has 1 aliphatic carbocycles. The Morgan fingerprint density at radius 3 is 2.62 bits per heavy atom. The third-order valence-electron chi connectivity index (χ3n) is 3.60. The van der Waals surface area contributed by atoms with Crippen LogP contribution in [-0.4, -0.2) is 25.8 Å². The molecule has 0 spiro atoms. The van der Waals surface area contributed by atoms with E-state index >= 15 is 0 Å². The molecule has 1 N–H and O–H groups in total. The Balaban J connectivity index is 1.77. The van der Waals surface area contributed by atoms with E-state index in [1.165, 1.54) is 38.5 Å². The molecule has 2 aliphatic rings. The fourth-order valence-corrected chi connectivity index (χ4v) is 2.46. The van der Waals surface area contributed by atoms with Crippen molar-refractivity contribution in [1.82, 2.24) is 5.32 Å². The van der Waals surface area contributed by atoms with Gasteiger partial charge in [0.1, 0.15) is 0 Å². The number of ether oxygens (including phenoxy) is 1. The van der Waals surface area contributed by atoms with E-state index in [4.69, 9.17) is 4.74 Å². The molecule has 2 heteroatoms. The largest absolute Gasteiger partial charge is 0.377 e. The van der Waals surface area contributed by atoms with Crippen molar-refractivity contribution in [3.8, 4) is 0 Å². The third kappa shape index (κ3) is 2.23. The van der Waals surface area contributed by atoms with E-state index in [1.807, 2.05) is 0 Å². The van der Waals surface area contributed by atoms with Gasteiger partial charge in [-0.3, -0.25) is 0 Å². The highest BCUT2D eigenvalue weighted by molar-refractivity contribution is 4.84. The quantitative estimate of drug-likeness (QED) is 0.719. The minimum atomic E-state index is 0.505. The Labute approximate surface area is 81.0 Å². The van der Waals surface area contributed by atoms with Crippen LogP contribution in [0.15, 0.2) is 0 Å². The normalized spacial score (nSPS) is 31.6. The smallest absolute Gasteiger partial charge is 0.0728 e. The van der Waals surface area contributed by atoms with E-state index in [1.54, 1.807) is 0 Å². The molecule has 0 radical (unpaired) electrons. The fraction of sp³-hybridized carbons (Fsp3) is 1.00. The summed E-state index contributed by atoms with van der Waals surface area (Å²) in [6.45, 7) is 0.980. The van der Waals surface area contributed by atoms with Crippen molar-refractivity contribution in [3.05, 3.63) is 0 Å². The average Bonchev–Trinajstić information content (AvgIpc) is 2.55. The molecule has 13 heavy (non-hydrogen) atoms. The summed E-state index contributed by atoms with van der Waals surface area (Å²) in [5, 5.41) is 3.42. The Morgan fingerprint density at radius 1 is 1.31 bits per heavy atom. The van der Waals surface area contributed by atoms with Crippen LogP contribution >= 0.6 is 0 Å². The molecule has 2 rings (SSSR count). The maximum absolute atomic E-state index is 5.71. The van der Waals surface area contributed by atoms with Gasteiger partial charge >= 0.3 is 0 Å². The highest BCUT2D eigenvalue weighted by atomic mass is 16.5. The first-order chi connectivity index (χ1) is 6.40. The van der Waals surface area contributed by atoms with Crippen molar-refractivity contribution in [2.75, 3.05) is 13.7 Å². The van der Waals surface area contributed by atoms with E-state index in [9.17, 15) is 0 Å². The van der Waals surface area contributed by atoms with Crippen molar-refractivity contribution >= 4 is 0 Å². The van der Waals surface area contributed by atoms with Crippen LogP contribution in [0.4, 0.5) is 0 Å². The van der Waals surface area contributed by atoms with Gasteiger partial charge in [-0.15, -0.1) is 0 Å². The Hall–Kier alpha value is -0.0800. The first kappa shape index (κ1) is 9.47. The van der Waals surface area contributed by atoms with E-state index < -0.39 is 0 Å². The molecule has 2 nitrogen and oxygen atoms in total. The zero-order valence-corrected chi connectivity index (χ0v) is 8.59. The number of nitrogens with one attached hydrogen (secondary N) is 1. The molecule has 2 fully saturated rings. The number of hydrogen-bond donors (Lipinski definition) is 1. The highest BCUT2D eigenvalue weighted by Crippen LogP contribution is 2.32. The lowest BCUT2D eigenvalue weighted by Gasteiger charge is -2.32. The molecule has 76 valence electrons. The van der Waals surface area contributed by atoms with E-state index in [-0.39, 0.29) is 0 Å². The summed E-state index contributed by atoms with van der Waals surface area (Å²) in [4.78, 5) is 0. The zero-order chi connectivity index (χ0) is 9.10. The van der Waals surface area contributed by atoms with Crippen molar-refractivity contribution < 1.29 is 4.74 Å². The van der Waals surface area contributed by atoms with E-state index in [0.29, 0.717) is 12.1 Å². The molecule has 2 atom stereocenters. The lowest BCUT2D eigenvalue weighted by Crippen LogP contribution is -2.39. The SMILES string of the molecule is CNC(CC1CCC1)C1CCCO1. The first-order valence-corrected chi connectivity index (χ1v) is 5.69. The second kappa shape index (κ2) is 4.43. The molecular weight excluding hydrogens is 162 g/mol. The highest BCUT2D eigenvalue weighted by Gasteiger charge is 2.29. The summed E-state index contributed by atoms with van der Waals surface area (Å²) in [5.41, 5.74) is 0. The monoisotopic (exact) mass is 183 g/mol. The van der Waals surface area contributed by atoms with Crippen LogP contribution in [0.5, 0.6) is 0 Å². The minimum absolute atomic E-state index is 0.505. The summed E-state index contributed by atoms with van der Waals surface area (Å²) in [6, 6.07) is 0.618. The molecule has 1 aliphatic heterocycles. The maximum atomic E-state index is 5.71. The van der Waals surface area contributed by atoms with Crippen molar-refractivity contribution in [1.29, 1.82) is 0 Å². The Kier molecular flexibility index (Phi) is 3.23. The molecule has 0 aromatic carbocycles. The zero-order valence-electron chi connectivity index (χ0n) is 8.59. The maximum Gasteiger partial charge on any atom is 0.0728 e. The summed E-state index contributed by atoms with van der Waals surface area (Å²) in [6.07, 6.45) is 8.71. The predicted molar refractivity (Wildman–Crippen MR) is 53.8 cm³/mol. The molecular formula is C11H21NO.